The summed E-state index contributed by atoms with van der Waals surface area (Å²) in [5, 5.41) is 7.53. The minimum atomic E-state index is -0.718. The van der Waals surface area contributed by atoms with Crippen molar-refractivity contribution < 1.29 is 9.32 Å². The predicted octanol–water partition coefficient (Wildman–Crippen LogP) is 3.53. The summed E-state index contributed by atoms with van der Waals surface area (Å²) in [6.45, 7) is 3.61. The molecule has 0 radical (unpaired) electrons. The van der Waals surface area contributed by atoms with Crippen LogP contribution in [0.4, 0.5) is 0 Å². The first kappa shape index (κ1) is 16.2. The van der Waals surface area contributed by atoms with Gasteiger partial charge in [0.05, 0.1) is 10.0 Å². The predicted molar refractivity (Wildman–Crippen MR) is 85.5 cm³/mol. The van der Waals surface area contributed by atoms with Crippen LogP contribution in [0.3, 0.4) is 0 Å². The number of carbonyl (C=O) groups excluding carboxylic acids is 1. The fourth-order valence-electron chi connectivity index (χ4n) is 2.47. The first-order chi connectivity index (χ1) is 10.9. The number of rotatable bonds is 5. The van der Waals surface area contributed by atoms with Gasteiger partial charge in [0.15, 0.2) is 5.82 Å². The summed E-state index contributed by atoms with van der Waals surface area (Å²) in [4.78, 5) is 20.9. The maximum absolute atomic E-state index is 12.5. The number of hydrogen-bond donors (Lipinski definition) is 1. The van der Waals surface area contributed by atoms with Crippen molar-refractivity contribution in [3.63, 3.8) is 0 Å². The van der Waals surface area contributed by atoms with E-state index in [9.17, 15) is 4.79 Å². The number of aryl methyl sites for hydroxylation is 1. The Morgan fingerprint density at radius 1 is 1.43 bits per heavy atom. The minimum Gasteiger partial charge on any atom is -0.340 e. The summed E-state index contributed by atoms with van der Waals surface area (Å²) in [7, 11) is 0. The van der Waals surface area contributed by atoms with Gasteiger partial charge in [0, 0.05) is 13.1 Å². The largest absolute Gasteiger partial charge is 0.340 e. The maximum atomic E-state index is 12.5. The third-order valence-corrected chi connectivity index (χ3v) is 4.56. The average molecular weight is 355 g/mol. The van der Waals surface area contributed by atoms with Gasteiger partial charge in [-0.15, -0.1) is 0 Å². The molecule has 122 valence electrons. The van der Waals surface area contributed by atoms with E-state index in [0.29, 0.717) is 22.7 Å². The molecule has 0 saturated heterocycles. The van der Waals surface area contributed by atoms with Gasteiger partial charge in [-0.25, -0.2) is 4.98 Å². The van der Waals surface area contributed by atoms with Crippen molar-refractivity contribution in [2.24, 2.45) is 5.92 Å². The number of nitrogens with one attached hydrogen (secondary N) is 1. The first-order valence-corrected chi connectivity index (χ1v) is 8.07. The van der Waals surface area contributed by atoms with Gasteiger partial charge in [0.2, 0.25) is 5.89 Å². The molecule has 1 aliphatic rings. The Morgan fingerprint density at radius 3 is 2.74 bits per heavy atom. The van der Waals surface area contributed by atoms with Gasteiger partial charge in [-0.2, -0.15) is 4.98 Å². The van der Waals surface area contributed by atoms with Crippen LogP contribution in [0.1, 0.15) is 48.4 Å². The molecule has 1 unspecified atom stereocenters. The molecule has 2 aromatic heterocycles. The van der Waals surface area contributed by atoms with E-state index in [4.69, 9.17) is 27.7 Å². The molecule has 6 nitrogen and oxygen atoms in total. The first-order valence-electron chi connectivity index (χ1n) is 7.32. The smallest absolute Gasteiger partial charge is 0.270 e. The van der Waals surface area contributed by atoms with Crippen LogP contribution in [0, 0.1) is 12.8 Å². The van der Waals surface area contributed by atoms with Crippen LogP contribution in [0.2, 0.25) is 10.0 Å². The lowest BCUT2D eigenvalue weighted by Gasteiger charge is -2.27. The van der Waals surface area contributed by atoms with Crippen molar-refractivity contribution in [1.29, 1.82) is 0 Å². The second kappa shape index (κ2) is 6.09. The topological polar surface area (TPSA) is 80.9 Å². The molecule has 0 aromatic carbocycles. The minimum absolute atomic E-state index is 0.196. The monoisotopic (exact) mass is 354 g/mol. The Morgan fingerprint density at radius 2 is 2.17 bits per heavy atom. The van der Waals surface area contributed by atoms with Crippen molar-refractivity contribution >= 4 is 29.1 Å². The molecule has 0 spiro atoms. The molecular weight excluding hydrogens is 339 g/mol. The van der Waals surface area contributed by atoms with Crippen LogP contribution in [-0.4, -0.2) is 21.0 Å². The lowest BCUT2D eigenvalue weighted by atomic mass is 9.93. The molecule has 2 aromatic rings. The molecule has 1 atom stereocenters. The molecule has 1 aliphatic carbocycles. The van der Waals surface area contributed by atoms with Crippen molar-refractivity contribution in [3.05, 3.63) is 39.7 Å². The molecule has 1 amide bonds. The lowest BCUT2D eigenvalue weighted by Crippen LogP contribution is -2.45. The van der Waals surface area contributed by atoms with Gasteiger partial charge in [-0.3, -0.25) is 4.79 Å². The van der Waals surface area contributed by atoms with Crippen molar-refractivity contribution in [3.8, 4) is 0 Å². The quantitative estimate of drug-likeness (QED) is 0.888. The highest BCUT2D eigenvalue weighted by Crippen LogP contribution is 2.40. The van der Waals surface area contributed by atoms with Gasteiger partial charge in [-0.05, 0) is 25.3 Å². The maximum Gasteiger partial charge on any atom is 0.270 e. The van der Waals surface area contributed by atoms with E-state index in [1.54, 1.807) is 6.92 Å². The van der Waals surface area contributed by atoms with Crippen LogP contribution >= 0.6 is 23.2 Å². The third kappa shape index (κ3) is 3.64. The van der Waals surface area contributed by atoms with E-state index in [2.05, 4.69) is 20.4 Å². The summed E-state index contributed by atoms with van der Waals surface area (Å²) < 4.78 is 5.07. The molecule has 8 heteroatoms. The van der Waals surface area contributed by atoms with Gasteiger partial charge in [0.1, 0.15) is 11.2 Å². The van der Waals surface area contributed by atoms with Crippen LogP contribution < -0.4 is 5.32 Å². The number of nitrogens with zero attached hydrogens (tertiary/aromatic N) is 3. The van der Waals surface area contributed by atoms with Crippen molar-refractivity contribution in [2.45, 2.75) is 38.6 Å². The van der Waals surface area contributed by atoms with Crippen molar-refractivity contribution in [1.82, 2.24) is 20.4 Å². The second-order valence-electron chi connectivity index (χ2n) is 6.05. The standard InChI is InChI=1S/C15H16Cl2N4O2/c1-8-19-14(21-23-8)15(2,6-9-3-4-9)20-13(22)12-5-10(16)11(17)7-18-12/h5,7,9H,3-4,6H2,1-2H3,(H,20,22). The SMILES string of the molecule is Cc1nc(C(C)(CC2CC2)NC(=O)c2cc(Cl)c(Cl)cn2)no1. The molecule has 2 heterocycles. The molecule has 1 fully saturated rings. The van der Waals surface area contributed by atoms with Crippen LogP contribution in [0.5, 0.6) is 0 Å². The molecule has 1 saturated carbocycles. The number of carbonyl (C=O) groups is 1. The molecular formula is C15H16Cl2N4O2. The summed E-state index contributed by atoms with van der Waals surface area (Å²) in [6, 6.07) is 1.44. The van der Waals surface area contributed by atoms with Gasteiger partial charge >= 0.3 is 0 Å². The normalized spacial score (nSPS) is 16.9. The summed E-state index contributed by atoms with van der Waals surface area (Å²) in [5.41, 5.74) is -0.522. The molecule has 0 aliphatic heterocycles. The summed E-state index contributed by atoms with van der Waals surface area (Å²) in [5.74, 6) is 1.13. The number of halogens is 2. The highest BCUT2D eigenvalue weighted by Gasteiger charge is 2.39. The Balaban J connectivity index is 1.85. The number of hydrogen-bond acceptors (Lipinski definition) is 5. The van der Waals surface area contributed by atoms with Crippen LogP contribution in [-0.2, 0) is 5.54 Å². The Labute approximate surface area is 143 Å². The highest BCUT2D eigenvalue weighted by molar-refractivity contribution is 6.42. The van der Waals surface area contributed by atoms with E-state index in [-0.39, 0.29) is 16.6 Å². The van der Waals surface area contributed by atoms with E-state index in [1.807, 2.05) is 6.92 Å². The van der Waals surface area contributed by atoms with Gasteiger partial charge in [-0.1, -0.05) is 41.2 Å². The van der Waals surface area contributed by atoms with E-state index < -0.39 is 5.54 Å². The molecule has 1 N–H and O–H groups in total. The third-order valence-electron chi connectivity index (χ3n) is 3.85. The fourth-order valence-corrected chi connectivity index (χ4v) is 2.73. The summed E-state index contributed by atoms with van der Waals surface area (Å²) >= 11 is 11.8. The number of amides is 1. The number of aromatic nitrogens is 3. The molecule has 23 heavy (non-hydrogen) atoms. The fraction of sp³-hybridized carbons (Fsp3) is 0.467. The molecule has 0 bridgehead atoms. The van der Waals surface area contributed by atoms with E-state index in [0.717, 1.165) is 19.3 Å². The zero-order valence-corrected chi connectivity index (χ0v) is 14.3. The van der Waals surface area contributed by atoms with Gasteiger partial charge < -0.3 is 9.84 Å². The van der Waals surface area contributed by atoms with Crippen molar-refractivity contribution in [2.75, 3.05) is 0 Å². The second-order valence-corrected chi connectivity index (χ2v) is 6.87. The average Bonchev–Trinajstić information content (AvgIpc) is 3.18. The van der Waals surface area contributed by atoms with Gasteiger partial charge in [0.25, 0.3) is 5.91 Å². The summed E-state index contributed by atoms with van der Waals surface area (Å²) in [6.07, 6.45) is 4.40. The Kier molecular flexibility index (Phi) is 4.29. The Hall–Kier alpha value is -1.66. The van der Waals surface area contributed by atoms with Crippen LogP contribution in [0.15, 0.2) is 16.8 Å². The Bertz CT molecular complexity index is 745. The molecule has 3 rings (SSSR count). The lowest BCUT2D eigenvalue weighted by molar-refractivity contribution is 0.0885. The zero-order valence-electron chi connectivity index (χ0n) is 12.8. The zero-order chi connectivity index (χ0) is 16.6. The van der Waals surface area contributed by atoms with E-state index in [1.165, 1.54) is 12.3 Å². The van der Waals surface area contributed by atoms with Crippen LogP contribution in [0.25, 0.3) is 0 Å². The van der Waals surface area contributed by atoms with E-state index >= 15 is 0 Å². The number of pyridine rings is 1. The highest BCUT2D eigenvalue weighted by atomic mass is 35.5.